The fourth-order valence-electron chi connectivity index (χ4n) is 12.2. The number of nitrogens with zero attached hydrogens (tertiary/aromatic N) is 3. The summed E-state index contributed by atoms with van der Waals surface area (Å²) in [6, 6.07) is 76.0. The normalized spacial score (nSPS) is 15.0. The van der Waals surface area contributed by atoms with E-state index in [-0.39, 0.29) is 5.41 Å². The van der Waals surface area contributed by atoms with Crippen LogP contribution in [-0.4, -0.2) is 0 Å². The number of rotatable bonds is 3. The van der Waals surface area contributed by atoms with E-state index in [1.807, 2.05) is 0 Å². The maximum Gasteiger partial charge on any atom is 0.0619 e. The van der Waals surface area contributed by atoms with Gasteiger partial charge in [0.15, 0.2) is 0 Å². The van der Waals surface area contributed by atoms with Gasteiger partial charge in [-0.1, -0.05) is 160 Å². The topological polar surface area (TPSA) is 9.72 Å². The summed E-state index contributed by atoms with van der Waals surface area (Å²) in [6.07, 6.45) is 0. The van der Waals surface area contributed by atoms with Crippen LogP contribution in [0.2, 0.25) is 0 Å². The highest BCUT2D eigenvalue weighted by molar-refractivity contribution is 7.82. The van der Waals surface area contributed by atoms with Crippen molar-refractivity contribution in [3.63, 3.8) is 0 Å². The molecule has 0 saturated carbocycles. The van der Waals surface area contributed by atoms with Crippen LogP contribution in [0.4, 0.5) is 51.2 Å². The molecule has 3 aliphatic heterocycles. The van der Waals surface area contributed by atoms with E-state index in [1.54, 1.807) is 0 Å². The molecule has 0 N–H and O–H groups in total. The van der Waals surface area contributed by atoms with Gasteiger partial charge in [-0.25, -0.2) is 0 Å². The number of hydrogen-bond donors (Lipinski definition) is 0. The summed E-state index contributed by atoms with van der Waals surface area (Å²) in [5.74, 6) is 0. The van der Waals surface area contributed by atoms with Crippen LogP contribution >= 0.6 is 7.92 Å². The molecule has 310 valence electrons. The fourth-order valence-corrected chi connectivity index (χ4v) is 15.3. The van der Waals surface area contributed by atoms with Gasteiger partial charge in [0, 0.05) is 46.0 Å². The highest BCUT2D eigenvalue weighted by Gasteiger charge is 2.47. The molecule has 0 amide bonds. The summed E-state index contributed by atoms with van der Waals surface area (Å²) in [6.45, 7) is 7.08. The minimum Gasteiger partial charge on any atom is -0.309 e. The van der Waals surface area contributed by atoms with Crippen molar-refractivity contribution in [2.45, 2.75) is 26.2 Å². The van der Waals surface area contributed by atoms with Crippen molar-refractivity contribution in [2.24, 2.45) is 0 Å². The molecule has 0 saturated heterocycles. The van der Waals surface area contributed by atoms with Gasteiger partial charge in [0.1, 0.15) is 0 Å². The van der Waals surface area contributed by atoms with Crippen LogP contribution in [0.5, 0.6) is 0 Å². The first-order chi connectivity index (χ1) is 32.4. The Kier molecular flexibility index (Phi) is 7.20. The first-order valence-corrected chi connectivity index (χ1v) is 24.4. The quantitative estimate of drug-likeness (QED) is 0.0995. The van der Waals surface area contributed by atoms with Crippen LogP contribution in [0.25, 0.3) is 64.6 Å². The molecular formula is C62H42N3P. The third-order valence-corrected chi connectivity index (χ3v) is 17.4. The second-order valence-corrected chi connectivity index (χ2v) is 21.4. The monoisotopic (exact) mass is 859 g/mol. The average molecular weight is 860 g/mol. The van der Waals surface area contributed by atoms with Gasteiger partial charge in [-0.2, -0.15) is 0 Å². The van der Waals surface area contributed by atoms with E-state index in [4.69, 9.17) is 0 Å². The average Bonchev–Trinajstić information content (AvgIpc) is 3.34. The van der Waals surface area contributed by atoms with E-state index in [2.05, 4.69) is 236 Å². The Morgan fingerprint density at radius 2 is 0.697 bits per heavy atom. The molecule has 3 nitrogen and oxygen atoms in total. The van der Waals surface area contributed by atoms with Crippen LogP contribution in [0.1, 0.15) is 26.3 Å². The lowest BCUT2D eigenvalue weighted by atomic mass is 9.79. The minimum atomic E-state index is -0.999. The molecule has 15 rings (SSSR count). The number of anilines is 9. The molecule has 0 spiro atoms. The molecule has 3 heterocycles. The fraction of sp³-hybridized carbons (Fsp3) is 0.0645. The summed E-state index contributed by atoms with van der Waals surface area (Å²) in [5.41, 5.74) is 12.4. The van der Waals surface area contributed by atoms with Crippen molar-refractivity contribution in [1.82, 2.24) is 0 Å². The van der Waals surface area contributed by atoms with Gasteiger partial charge >= 0.3 is 0 Å². The van der Waals surface area contributed by atoms with E-state index in [0.29, 0.717) is 0 Å². The van der Waals surface area contributed by atoms with Gasteiger partial charge in [0.05, 0.1) is 39.8 Å². The molecule has 0 bridgehead atoms. The SMILES string of the molecule is CC(C)(C)c1c2ccccc2c(N2c3cccc4c3P3c5c(cccc5N(c5cc6ccc7cccc8ccc(c5)c6c78)c5cccc2c53)N4c2ccc3ccccc3c2)c2ccccc12. The summed E-state index contributed by atoms with van der Waals surface area (Å²) >= 11 is 0. The number of hydrogen-bond acceptors (Lipinski definition) is 3. The highest BCUT2D eigenvalue weighted by atomic mass is 31.1. The molecular weight excluding hydrogens is 818 g/mol. The summed E-state index contributed by atoms with van der Waals surface area (Å²) in [4.78, 5) is 7.82. The molecule has 1 atom stereocenters. The smallest absolute Gasteiger partial charge is 0.0619 e. The molecule has 3 aliphatic rings. The molecule has 66 heavy (non-hydrogen) atoms. The zero-order valence-electron chi connectivity index (χ0n) is 36.8. The standard InChI is InChI=1S/C62H42N3P/c1-62(2,3)57-45-18-6-8-20-47(45)58(48-21-9-7-19-46(48)57)65-53-26-12-23-50-60(53)66-59-49(63(50)43-33-32-37-14-4-5-15-40(37)34-43)22-11-24-51(59)64(52-25-13-27-54(65)61(52)66)44-35-41-30-28-38-16-10-17-39-29-31-42(36-44)56(41)55(38)39/h4-36H,1-3H3. The molecule has 1 unspecified atom stereocenters. The lowest BCUT2D eigenvalue weighted by Crippen LogP contribution is -2.45. The minimum absolute atomic E-state index is 0.0744. The van der Waals surface area contributed by atoms with Crippen LogP contribution in [0.3, 0.4) is 0 Å². The van der Waals surface area contributed by atoms with Crippen LogP contribution in [0.15, 0.2) is 200 Å². The van der Waals surface area contributed by atoms with Crippen molar-refractivity contribution in [2.75, 3.05) is 14.7 Å². The van der Waals surface area contributed by atoms with E-state index < -0.39 is 7.92 Å². The molecule has 12 aromatic carbocycles. The van der Waals surface area contributed by atoms with Crippen molar-refractivity contribution in [1.29, 1.82) is 0 Å². The van der Waals surface area contributed by atoms with Crippen LogP contribution in [-0.2, 0) is 5.41 Å². The first kappa shape index (κ1) is 36.6. The molecule has 0 fully saturated rings. The van der Waals surface area contributed by atoms with Crippen molar-refractivity contribution in [3.05, 3.63) is 206 Å². The summed E-state index contributed by atoms with van der Waals surface area (Å²) < 4.78 is 0. The van der Waals surface area contributed by atoms with Gasteiger partial charge in [0.2, 0.25) is 0 Å². The zero-order valence-corrected chi connectivity index (χ0v) is 37.7. The second kappa shape index (κ2) is 13.0. The maximum atomic E-state index is 2.66. The Morgan fingerprint density at radius 3 is 1.23 bits per heavy atom. The predicted octanol–water partition coefficient (Wildman–Crippen LogP) is 16.4. The largest absolute Gasteiger partial charge is 0.309 e. The third kappa shape index (κ3) is 4.75. The van der Waals surface area contributed by atoms with E-state index in [9.17, 15) is 0 Å². The number of benzene rings is 12. The lowest BCUT2D eigenvalue weighted by Gasteiger charge is -2.50. The molecule has 0 aromatic heterocycles. The second-order valence-electron chi connectivity index (χ2n) is 19.3. The predicted molar refractivity (Wildman–Crippen MR) is 285 cm³/mol. The lowest BCUT2D eigenvalue weighted by molar-refractivity contribution is 0.601. The van der Waals surface area contributed by atoms with Gasteiger partial charge in [-0.05, 0) is 126 Å². The van der Waals surface area contributed by atoms with Crippen molar-refractivity contribution < 1.29 is 0 Å². The summed E-state index contributed by atoms with van der Waals surface area (Å²) in [7, 11) is -0.999. The van der Waals surface area contributed by atoms with Gasteiger partial charge in [0.25, 0.3) is 0 Å². The summed E-state index contributed by atoms with van der Waals surface area (Å²) in [5, 5.41) is 19.6. The Hall–Kier alpha value is -7.71. The molecule has 4 heteroatoms. The van der Waals surface area contributed by atoms with Crippen LogP contribution < -0.4 is 30.6 Å². The van der Waals surface area contributed by atoms with Gasteiger partial charge in [-0.3, -0.25) is 0 Å². The third-order valence-electron chi connectivity index (χ3n) is 14.7. The molecule has 0 aliphatic carbocycles. The van der Waals surface area contributed by atoms with Gasteiger partial charge in [-0.15, -0.1) is 0 Å². The van der Waals surface area contributed by atoms with Crippen LogP contribution in [0, 0.1) is 0 Å². The zero-order chi connectivity index (χ0) is 43.6. The highest BCUT2D eigenvalue weighted by Crippen LogP contribution is 2.64. The Bertz CT molecular complexity index is 3970. The van der Waals surface area contributed by atoms with E-state index >= 15 is 0 Å². The Labute approximate surface area is 384 Å². The Morgan fingerprint density at radius 1 is 0.318 bits per heavy atom. The van der Waals surface area contributed by atoms with Crippen molar-refractivity contribution >= 4 is 140 Å². The first-order valence-electron chi connectivity index (χ1n) is 23.1. The Balaban J connectivity index is 1.08. The van der Waals surface area contributed by atoms with E-state index in [0.717, 1.165) is 0 Å². The van der Waals surface area contributed by atoms with Crippen molar-refractivity contribution in [3.8, 4) is 0 Å². The maximum absolute atomic E-state index is 2.66. The number of fused-ring (bicyclic) bond motifs is 3. The van der Waals surface area contributed by atoms with Gasteiger partial charge < -0.3 is 14.7 Å². The molecule has 0 radical (unpaired) electrons. The molecule has 12 aromatic rings. The van der Waals surface area contributed by atoms with E-state index in [1.165, 1.54) is 137 Å².